The van der Waals surface area contributed by atoms with Crippen molar-refractivity contribution < 1.29 is 8.42 Å². The first-order chi connectivity index (χ1) is 8.54. The van der Waals surface area contributed by atoms with Gasteiger partial charge in [0.15, 0.2) is 9.84 Å². The topological polar surface area (TPSA) is 46.2 Å². The van der Waals surface area contributed by atoms with Crippen molar-refractivity contribution in [1.29, 1.82) is 0 Å². The molecule has 0 aromatic heterocycles. The smallest absolute Gasteiger partial charge is 0.156 e. The van der Waals surface area contributed by atoms with Gasteiger partial charge in [-0.05, 0) is 67.7 Å². The lowest BCUT2D eigenvalue weighted by Crippen LogP contribution is -2.33. The maximum absolute atomic E-state index is 12.0. The average molecular weight is 348 g/mol. The minimum Gasteiger partial charge on any atom is -0.383 e. The number of aryl methyl sites for hydroxylation is 2. The molecule has 1 N–H and O–H groups in total. The van der Waals surface area contributed by atoms with Crippen molar-refractivity contribution in [2.24, 2.45) is 0 Å². The molecule has 0 aliphatic heterocycles. The van der Waals surface area contributed by atoms with Crippen LogP contribution in [0.4, 0.5) is 5.69 Å². The molecule has 0 heterocycles. The standard InChI is InChI=1S/C14H22BrNO2S/c1-10-8-11(2)13(12(15)9-10)16-6-7-19(17,18)14(3,4)5/h8-9,16H,6-7H2,1-5H3. The van der Waals surface area contributed by atoms with Gasteiger partial charge in [-0.25, -0.2) is 8.42 Å². The molecule has 0 atom stereocenters. The van der Waals surface area contributed by atoms with E-state index in [2.05, 4.69) is 27.3 Å². The van der Waals surface area contributed by atoms with Crippen molar-refractivity contribution in [3.63, 3.8) is 0 Å². The van der Waals surface area contributed by atoms with Crippen molar-refractivity contribution in [3.8, 4) is 0 Å². The lowest BCUT2D eigenvalue weighted by Gasteiger charge is -2.20. The summed E-state index contributed by atoms with van der Waals surface area (Å²) < 4.78 is 24.3. The lowest BCUT2D eigenvalue weighted by molar-refractivity contribution is 0.560. The number of hydrogen-bond acceptors (Lipinski definition) is 3. The Morgan fingerprint density at radius 2 is 1.79 bits per heavy atom. The Hall–Kier alpha value is -0.550. The largest absolute Gasteiger partial charge is 0.383 e. The average Bonchev–Trinajstić information content (AvgIpc) is 2.20. The fourth-order valence-corrected chi connectivity index (χ4v) is 3.55. The van der Waals surface area contributed by atoms with Gasteiger partial charge in [0, 0.05) is 11.0 Å². The SMILES string of the molecule is Cc1cc(C)c(NCCS(=O)(=O)C(C)(C)C)c(Br)c1. The molecule has 0 amide bonds. The van der Waals surface area contributed by atoms with E-state index in [9.17, 15) is 8.42 Å². The van der Waals surface area contributed by atoms with Crippen LogP contribution in [0.1, 0.15) is 31.9 Å². The highest BCUT2D eigenvalue weighted by Crippen LogP contribution is 2.27. The van der Waals surface area contributed by atoms with Gasteiger partial charge in [0.05, 0.1) is 16.2 Å². The summed E-state index contributed by atoms with van der Waals surface area (Å²) in [5.74, 6) is 0.135. The van der Waals surface area contributed by atoms with E-state index in [4.69, 9.17) is 0 Å². The molecule has 0 fully saturated rings. The Kier molecular flexibility index (Phi) is 5.07. The first kappa shape index (κ1) is 16.5. The third-order valence-corrected chi connectivity index (χ3v) is 6.27. The molecule has 0 saturated carbocycles. The second kappa shape index (κ2) is 5.83. The number of benzene rings is 1. The minimum absolute atomic E-state index is 0.135. The van der Waals surface area contributed by atoms with E-state index in [1.165, 1.54) is 5.56 Å². The monoisotopic (exact) mass is 347 g/mol. The molecule has 0 aliphatic rings. The van der Waals surface area contributed by atoms with E-state index in [1.54, 1.807) is 20.8 Å². The number of nitrogens with one attached hydrogen (secondary N) is 1. The van der Waals surface area contributed by atoms with Crippen LogP contribution < -0.4 is 5.32 Å². The van der Waals surface area contributed by atoms with Crippen LogP contribution in [0.15, 0.2) is 16.6 Å². The summed E-state index contributed by atoms with van der Waals surface area (Å²) in [4.78, 5) is 0. The predicted molar refractivity (Wildman–Crippen MR) is 85.6 cm³/mol. The van der Waals surface area contributed by atoms with E-state index >= 15 is 0 Å². The fourth-order valence-electron chi connectivity index (χ4n) is 1.76. The second-order valence-electron chi connectivity index (χ2n) is 5.80. The minimum atomic E-state index is -3.08. The van der Waals surface area contributed by atoms with Crippen LogP contribution in [0.25, 0.3) is 0 Å². The predicted octanol–water partition coefficient (Wildman–Crippen LogP) is 3.69. The van der Waals surface area contributed by atoms with Crippen LogP contribution >= 0.6 is 15.9 Å². The number of rotatable bonds is 4. The Morgan fingerprint density at radius 3 is 2.26 bits per heavy atom. The Morgan fingerprint density at radius 1 is 1.21 bits per heavy atom. The van der Waals surface area contributed by atoms with Crippen LogP contribution in [0.3, 0.4) is 0 Å². The summed E-state index contributed by atoms with van der Waals surface area (Å²) in [6, 6.07) is 4.10. The normalized spacial score (nSPS) is 12.5. The molecule has 0 radical (unpaired) electrons. The van der Waals surface area contributed by atoms with Crippen molar-refractivity contribution in [1.82, 2.24) is 0 Å². The maximum atomic E-state index is 12.0. The molecule has 1 aromatic carbocycles. The van der Waals surface area contributed by atoms with Gasteiger partial charge in [-0.3, -0.25) is 0 Å². The highest BCUT2D eigenvalue weighted by atomic mass is 79.9. The van der Waals surface area contributed by atoms with E-state index in [-0.39, 0.29) is 5.75 Å². The zero-order valence-corrected chi connectivity index (χ0v) is 14.6. The third kappa shape index (κ3) is 4.21. The first-order valence-electron chi connectivity index (χ1n) is 6.27. The van der Waals surface area contributed by atoms with Gasteiger partial charge < -0.3 is 5.32 Å². The molecule has 0 aliphatic carbocycles. The Labute approximate surface area is 124 Å². The van der Waals surface area contributed by atoms with Gasteiger partial charge in [0.1, 0.15) is 0 Å². The summed E-state index contributed by atoms with van der Waals surface area (Å²) in [6.07, 6.45) is 0. The van der Waals surface area contributed by atoms with Crippen LogP contribution in [-0.4, -0.2) is 25.5 Å². The first-order valence-corrected chi connectivity index (χ1v) is 8.72. The van der Waals surface area contributed by atoms with Crippen molar-refractivity contribution in [2.45, 2.75) is 39.4 Å². The molecule has 0 saturated heterocycles. The molecule has 19 heavy (non-hydrogen) atoms. The van der Waals surface area contributed by atoms with E-state index in [0.29, 0.717) is 6.54 Å². The molecule has 0 spiro atoms. The molecule has 1 aromatic rings. The molecular formula is C14H22BrNO2S. The zero-order chi connectivity index (χ0) is 14.8. The molecule has 0 unspecified atom stereocenters. The van der Waals surface area contributed by atoms with Crippen molar-refractivity contribution in [2.75, 3.05) is 17.6 Å². The maximum Gasteiger partial charge on any atom is 0.156 e. The second-order valence-corrected chi connectivity index (χ2v) is 9.51. The molecular weight excluding hydrogens is 326 g/mol. The summed E-state index contributed by atoms with van der Waals surface area (Å²) >= 11 is 3.51. The number of halogens is 1. The highest BCUT2D eigenvalue weighted by Gasteiger charge is 2.28. The molecule has 0 bridgehead atoms. The summed E-state index contributed by atoms with van der Waals surface area (Å²) in [7, 11) is -3.08. The van der Waals surface area contributed by atoms with Crippen molar-refractivity contribution in [3.05, 3.63) is 27.7 Å². The number of anilines is 1. The van der Waals surface area contributed by atoms with Crippen LogP contribution in [-0.2, 0) is 9.84 Å². The van der Waals surface area contributed by atoms with Gasteiger partial charge >= 0.3 is 0 Å². The third-order valence-electron chi connectivity index (χ3n) is 3.04. The van der Waals surface area contributed by atoms with Gasteiger partial charge in [-0.1, -0.05) is 6.07 Å². The Bertz CT molecular complexity index is 536. The fraction of sp³-hybridized carbons (Fsp3) is 0.571. The molecule has 108 valence electrons. The summed E-state index contributed by atoms with van der Waals surface area (Å²) in [6.45, 7) is 9.66. The molecule has 5 heteroatoms. The Balaban J connectivity index is 2.75. The zero-order valence-electron chi connectivity index (χ0n) is 12.2. The molecule has 1 rings (SSSR count). The van der Waals surface area contributed by atoms with E-state index in [0.717, 1.165) is 15.7 Å². The molecule has 3 nitrogen and oxygen atoms in total. The van der Waals surface area contributed by atoms with E-state index < -0.39 is 14.6 Å². The lowest BCUT2D eigenvalue weighted by atomic mass is 10.1. The van der Waals surface area contributed by atoms with E-state index in [1.807, 2.05) is 19.9 Å². The van der Waals surface area contributed by atoms with Gasteiger partial charge in [0.25, 0.3) is 0 Å². The summed E-state index contributed by atoms with van der Waals surface area (Å²) in [5.41, 5.74) is 3.26. The van der Waals surface area contributed by atoms with Crippen LogP contribution in [0.2, 0.25) is 0 Å². The summed E-state index contributed by atoms with van der Waals surface area (Å²) in [5, 5.41) is 3.21. The van der Waals surface area contributed by atoms with Crippen LogP contribution in [0, 0.1) is 13.8 Å². The highest BCUT2D eigenvalue weighted by molar-refractivity contribution is 9.10. The van der Waals surface area contributed by atoms with Crippen molar-refractivity contribution >= 4 is 31.5 Å². The number of hydrogen-bond donors (Lipinski definition) is 1. The quantitative estimate of drug-likeness (QED) is 0.903. The van der Waals surface area contributed by atoms with Gasteiger partial charge in [0.2, 0.25) is 0 Å². The number of sulfone groups is 1. The van der Waals surface area contributed by atoms with Gasteiger partial charge in [-0.2, -0.15) is 0 Å². The van der Waals surface area contributed by atoms with Gasteiger partial charge in [-0.15, -0.1) is 0 Å². The van der Waals surface area contributed by atoms with Crippen LogP contribution in [0.5, 0.6) is 0 Å².